The summed E-state index contributed by atoms with van der Waals surface area (Å²) in [6, 6.07) is 11.4. The molecule has 7 heteroatoms. The lowest BCUT2D eigenvalue weighted by Gasteiger charge is -2.06. The van der Waals surface area contributed by atoms with Gasteiger partial charge in [-0.15, -0.1) is 0 Å². The van der Waals surface area contributed by atoms with E-state index in [1.54, 1.807) is 16.7 Å². The van der Waals surface area contributed by atoms with Crippen molar-refractivity contribution in [1.82, 2.24) is 4.57 Å². The molecule has 0 radical (unpaired) electrons. The highest BCUT2D eigenvalue weighted by Gasteiger charge is 2.14. The Kier molecular flexibility index (Phi) is 7.41. The van der Waals surface area contributed by atoms with Crippen molar-refractivity contribution in [3.8, 4) is 5.69 Å². The molecule has 1 aliphatic rings. The summed E-state index contributed by atoms with van der Waals surface area (Å²) < 4.78 is 12.8. The van der Waals surface area contributed by atoms with E-state index in [4.69, 9.17) is 4.74 Å². The van der Waals surface area contributed by atoms with Crippen LogP contribution in [0.3, 0.4) is 0 Å². The average Bonchev–Trinajstić information content (AvgIpc) is 3.27. The van der Waals surface area contributed by atoms with Crippen molar-refractivity contribution in [3.63, 3.8) is 0 Å². The van der Waals surface area contributed by atoms with Crippen molar-refractivity contribution in [1.29, 1.82) is 0 Å². The summed E-state index contributed by atoms with van der Waals surface area (Å²) in [5.74, 6) is -0.597. The van der Waals surface area contributed by atoms with Crippen LogP contribution in [0.25, 0.3) is 5.69 Å². The lowest BCUT2D eigenvalue weighted by atomic mass is 10.2. The van der Waals surface area contributed by atoms with Crippen LogP contribution in [-0.2, 0) is 14.3 Å². The number of halogens is 2. The minimum atomic E-state index is -0.352. The van der Waals surface area contributed by atoms with E-state index in [9.17, 15) is 9.59 Å². The van der Waals surface area contributed by atoms with Gasteiger partial charge in [0.1, 0.15) is 5.69 Å². The van der Waals surface area contributed by atoms with Crippen LogP contribution in [-0.4, -0.2) is 30.7 Å². The summed E-state index contributed by atoms with van der Waals surface area (Å²) in [7, 11) is 2.76. The fourth-order valence-corrected chi connectivity index (χ4v) is 3.12. The van der Waals surface area contributed by atoms with E-state index < -0.39 is 0 Å². The Balaban J connectivity index is 0.000000209. The molecule has 1 aliphatic carbocycles. The first-order valence-corrected chi connectivity index (χ1v) is 9.21. The van der Waals surface area contributed by atoms with Gasteiger partial charge < -0.3 is 14.0 Å². The first-order chi connectivity index (χ1) is 12.5. The van der Waals surface area contributed by atoms with E-state index in [0.29, 0.717) is 17.7 Å². The molecule has 0 N–H and O–H groups in total. The molecule has 3 rings (SSSR count). The number of aromatic nitrogens is 1. The first kappa shape index (κ1) is 20.2. The van der Waals surface area contributed by atoms with E-state index in [1.807, 2.05) is 42.6 Å². The van der Waals surface area contributed by atoms with Crippen molar-refractivity contribution < 1.29 is 19.1 Å². The monoisotopic (exact) mass is 481 g/mol. The Labute approximate surface area is 168 Å². The fourth-order valence-electron chi connectivity index (χ4n) is 2.26. The fraction of sp³-hybridized carbons (Fsp3) is 0.158. The van der Waals surface area contributed by atoms with Crippen LogP contribution in [0, 0.1) is 0 Å². The van der Waals surface area contributed by atoms with E-state index in [2.05, 4.69) is 36.6 Å². The molecular formula is C19H17Br2NO4. The largest absolute Gasteiger partial charge is 0.466 e. The quantitative estimate of drug-likeness (QED) is 0.590. The minimum Gasteiger partial charge on any atom is -0.466 e. The topological polar surface area (TPSA) is 57.5 Å². The zero-order valence-corrected chi connectivity index (χ0v) is 17.4. The Morgan fingerprint density at radius 1 is 1.04 bits per heavy atom. The number of carbonyl (C=O) groups is 2. The van der Waals surface area contributed by atoms with Crippen LogP contribution in [0.15, 0.2) is 69.3 Å². The second-order valence-corrected chi connectivity index (χ2v) is 7.03. The van der Waals surface area contributed by atoms with Crippen molar-refractivity contribution in [2.24, 2.45) is 0 Å². The number of methoxy groups -OCH3 is 2. The van der Waals surface area contributed by atoms with Gasteiger partial charge in [0.2, 0.25) is 0 Å². The van der Waals surface area contributed by atoms with Crippen LogP contribution in [0.5, 0.6) is 0 Å². The summed E-state index contributed by atoms with van der Waals surface area (Å²) >= 11 is 6.60. The molecule has 0 aliphatic heterocycles. The Morgan fingerprint density at radius 3 is 2.23 bits per heavy atom. The third-order valence-corrected chi connectivity index (χ3v) is 4.48. The second-order valence-electron chi connectivity index (χ2n) is 5.19. The Morgan fingerprint density at radius 2 is 1.69 bits per heavy atom. The van der Waals surface area contributed by atoms with Gasteiger partial charge in [-0.25, -0.2) is 9.59 Å². The standard InChI is InChI=1S/C12H10BrNO2.C7H7BrO2/c1-16-12(15)11-7-9(13)8-14(11)10-5-3-2-4-6-10;1-10-7(9)5-2-3-6(8)4-5/h2-8H,1H3;3-4H,2H2,1H3. The molecule has 136 valence electrons. The highest BCUT2D eigenvalue weighted by Crippen LogP contribution is 2.22. The van der Waals surface area contributed by atoms with Crippen molar-refractivity contribution in [2.45, 2.75) is 6.42 Å². The van der Waals surface area contributed by atoms with E-state index in [0.717, 1.165) is 14.6 Å². The van der Waals surface area contributed by atoms with Crippen LogP contribution >= 0.6 is 31.9 Å². The summed E-state index contributed by atoms with van der Waals surface area (Å²) in [5.41, 5.74) is 2.13. The number of allylic oxidation sites excluding steroid dienone is 3. The molecule has 1 aromatic heterocycles. The number of hydrogen-bond donors (Lipinski definition) is 0. The molecule has 2 aromatic rings. The van der Waals surface area contributed by atoms with Crippen LogP contribution in [0.2, 0.25) is 0 Å². The normalized spacial score (nSPS) is 12.5. The first-order valence-electron chi connectivity index (χ1n) is 7.62. The van der Waals surface area contributed by atoms with Gasteiger partial charge in [0.25, 0.3) is 0 Å². The maximum Gasteiger partial charge on any atom is 0.355 e. The molecule has 5 nitrogen and oxygen atoms in total. The number of nitrogens with zero attached hydrogens (tertiary/aromatic N) is 1. The predicted molar refractivity (Wildman–Crippen MR) is 107 cm³/mol. The summed E-state index contributed by atoms with van der Waals surface area (Å²) in [6.07, 6.45) is 6.20. The van der Waals surface area contributed by atoms with Gasteiger partial charge in [0, 0.05) is 26.4 Å². The minimum absolute atomic E-state index is 0.245. The molecular weight excluding hydrogens is 466 g/mol. The summed E-state index contributed by atoms with van der Waals surface area (Å²) in [4.78, 5) is 22.4. The molecule has 0 fully saturated rings. The van der Waals surface area contributed by atoms with E-state index in [-0.39, 0.29) is 11.9 Å². The summed E-state index contributed by atoms with van der Waals surface area (Å²) in [6.45, 7) is 0. The van der Waals surface area contributed by atoms with Gasteiger partial charge >= 0.3 is 11.9 Å². The zero-order valence-electron chi connectivity index (χ0n) is 14.2. The number of hydrogen-bond acceptors (Lipinski definition) is 4. The number of para-hydroxylation sites is 1. The van der Waals surface area contributed by atoms with E-state index >= 15 is 0 Å². The molecule has 0 atom stereocenters. The second kappa shape index (κ2) is 9.54. The van der Waals surface area contributed by atoms with E-state index in [1.165, 1.54) is 14.2 Å². The van der Waals surface area contributed by atoms with Gasteiger partial charge in [-0.3, -0.25) is 0 Å². The van der Waals surface area contributed by atoms with Gasteiger partial charge in [0.05, 0.1) is 14.2 Å². The maximum absolute atomic E-state index is 11.6. The SMILES string of the molecule is COC(=O)C1=CC(Br)=CC1.COC(=O)c1cc(Br)cn1-c1ccccc1. The smallest absolute Gasteiger partial charge is 0.355 e. The van der Waals surface area contributed by atoms with Gasteiger partial charge in [-0.1, -0.05) is 40.2 Å². The highest BCUT2D eigenvalue weighted by atomic mass is 79.9. The molecule has 1 heterocycles. The third-order valence-electron chi connectivity index (χ3n) is 3.49. The number of carbonyl (C=O) groups excluding carboxylic acids is 2. The molecule has 0 saturated heterocycles. The zero-order chi connectivity index (χ0) is 19.1. The molecule has 0 saturated carbocycles. The van der Waals surface area contributed by atoms with Crippen LogP contribution in [0.1, 0.15) is 16.9 Å². The molecule has 0 bridgehead atoms. The Hall–Kier alpha value is -2.12. The summed E-state index contributed by atoms with van der Waals surface area (Å²) in [5, 5.41) is 0. The number of ether oxygens (including phenoxy) is 2. The van der Waals surface area contributed by atoms with Gasteiger partial charge in [-0.05, 0) is 46.6 Å². The van der Waals surface area contributed by atoms with Crippen LogP contribution < -0.4 is 0 Å². The molecule has 0 unspecified atom stereocenters. The molecule has 26 heavy (non-hydrogen) atoms. The number of esters is 2. The van der Waals surface area contributed by atoms with Gasteiger partial charge in [0.15, 0.2) is 0 Å². The maximum atomic E-state index is 11.6. The highest BCUT2D eigenvalue weighted by molar-refractivity contribution is 9.12. The van der Waals surface area contributed by atoms with Crippen molar-refractivity contribution in [2.75, 3.05) is 14.2 Å². The number of rotatable bonds is 3. The van der Waals surface area contributed by atoms with Crippen molar-refractivity contribution >= 4 is 43.8 Å². The molecule has 0 spiro atoms. The van der Waals surface area contributed by atoms with Crippen LogP contribution in [0.4, 0.5) is 0 Å². The van der Waals surface area contributed by atoms with Gasteiger partial charge in [-0.2, -0.15) is 0 Å². The molecule has 0 amide bonds. The lowest BCUT2D eigenvalue weighted by Crippen LogP contribution is -2.08. The Bertz CT molecular complexity index is 854. The molecule has 1 aromatic carbocycles. The number of benzene rings is 1. The van der Waals surface area contributed by atoms with Crippen molar-refractivity contribution in [3.05, 3.63) is 75.0 Å². The average molecular weight is 483 g/mol. The third kappa shape index (κ3) is 5.19. The predicted octanol–water partition coefficient (Wildman–Crippen LogP) is 4.79. The lowest BCUT2D eigenvalue weighted by molar-refractivity contribution is -0.136.